The van der Waals surface area contributed by atoms with E-state index < -0.39 is 11.6 Å². The van der Waals surface area contributed by atoms with Gasteiger partial charge in [0.2, 0.25) is 5.91 Å². The van der Waals surface area contributed by atoms with Gasteiger partial charge in [0.25, 0.3) is 0 Å². The number of likely N-dealkylation sites (tertiary alicyclic amines) is 1. The number of amides is 1. The van der Waals surface area contributed by atoms with Crippen LogP contribution in [0.1, 0.15) is 18.4 Å². The summed E-state index contributed by atoms with van der Waals surface area (Å²) in [5, 5.41) is 0.483. The number of rotatable bonds is 4. The van der Waals surface area contributed by atoms with Crippen molar-refractivity contribution in [2.45, 2.75) is 29.8 Å². The molecule has 2 aromatic rings. The van der Waals surface area contributed by atoms with Crippen LogP contribution in [-0.2, 0) is 11.3 Å². The van der Waals surface area contributed by atoms with Crippen LogP contribution in [-0.4, -0.2) is 32.6 Å². The molecule has 4 nitrogen and oxygen atoms in total. The van der Waals surface area contributed by atoms with Gasteiger partial charge in [0, 0.05) is 37.1 Å². The number of nitrogens with one attached hydrogen (secondary N) is 1. The molecule has 0 bridgehead atoms. The highest BCUT2D eigenvalue weighted by molar-refractivity contribution is 8.00. The van der Waals surface area contributed by atoms with Crippen LogP contribution in [0, 0.1) is 11.6 Å². The molecule has 1 fully saturated rings. The zero-order valence-electron chi connectivity index (χ0n) is 11.8. The molecule has 116 valence electrons. The fourth-order valence-corrected chi connectivity index (χ4v) is 3.54. The van der Waals surface area contributed by atoms with Gasteiger partial charge in [0.15, 0.2) is 5.16 Å². The van der Waals surface area contributed by atoms with Crippen molar-refractivity contribution in [2.75, 3.05) is 6.54 Å². The lowest BCUT2D eigenvalue weighted by Crippen LogP contribution is -2.42. The summed E-state index contributed by atoms with van der Waals surface area (Å²) in [7, 11) is 0. The van der Waals surface area contributed by atoms with Crippen molar-refractivity contribution in [3.63, 3.8) is 0 Å². The molecule has 3 rings (SSSR count). The Bertz CT molecular complexity index is 663. The van der Waals surface area contributed by atoms with E-state index in [1.807, 2.05) is 0 Å². The lowest BCUT2D eigenvalue weighted by atomic mass is 10.1. The van der Waals surface area contributed by atoms with E-state index in [0.717, 1.165) is 18.9 Å². The summed E-state index contributed by atoms with van der Waals surface area (Å²) in [6.45, 7) is 0.755. The number of imidazole rings is 1. The van der Waals surface area contributed by atoms with E-state index in [-0.39, 0.29) is 17.7 Å². The summed E-state index contributed by atoms with van der Waals surface area (Å²) in [6, 6.07) is 3.45. The van der Waals surface area contributed by atoms with Gasteiger partial charge in [-0.2, -0.15) is 0 Å². The molecule has 0 radical (unpaired) electrons. The fourth-order valence-electron chi connectivity index (χ4n) is 2.48. The largest absolute Gasteiger partial charge is 0.340 e. The van der Waals surface area contributed by atoms with E-state index in [1.165, 1.54) is 23.9 Å². The SMILES string of the molecule is O=C1C(Sc2ncc[nH]2)CCCN1Cc1ccc(F)cc1F. The van der Waals surface area contributed by atoms with Gasteiger partial charge in [0.1, 0.15) is 11.6 Å². The molecule has 7 heteroatoms. The van der Waals surface area contributed by atoms with Crippen LogP contribution < -0.4 is 0 Å². The zero-order valence-corrected chi connectivity index (χ0v) is 12.6. The number of H-pyrrole nitrogens is 1. The second kappa shape index (κ2) is 6.48. The number of aromatic nitrogens is 2. The smallest absolute Gasteiger partial charge is 0.236 e. The molecular weight excluding hydrogens is 308 g/mol. The molecular formula is C15H15F2N3OS. The number of nitrogens with zero attached hydrogens (tertiary/aromatic N) is 2. The van der Waals surface area contributed by atoms with Gasteiger partial charge >= 0.3 is 0 Å². The number of carbonyl (C=O) groups is 1. The topological polar surface area (TPSA) is 49.0 Å². The average Bonchev–Trinajstić information content (AvgIpc) is 2.99. The van der Waals surface area contributed by atoms with Gasteiger partial charge in [-0.25, -0.2) is 13.8 Å². The molecule has 0 aliphatic carbocycles. The lowest BCUT2D eigenvalue weighted by Gasteiger charge is -2.31. The van der Waals surface area contributed by atoms with Crippen LogP contribution >= 0.6 is 11.8 Å². The maximum atomic E-state index is 13.7. The van der Waals surface area contributed by atoms with Crippen molar-refractivity contribution in [3.05, 3.63) is 47.8 Å². The Morgan fingerprint density at radius 1 is 1.41 bits per heavy atom. The molecule has 2 heterocycles. The third kappa shape index (κ3) is 3.30. The summed E-state index contributed by atoms with van der Waals surface area (Å²) in [6.07, 6.45) is 4.97. The molecule has 1 aromatic heterocycles. The highest BCUT2D eigenvalue weighted by Gasteiger charge is 2.30. The predicted octanol–water partition coefficient (Wildman–Crippen LogP) is 2.97. The third-order valence-electron chi connectivity index (χ3n) is 3.58. The molecule has 1 amide bonds. The first kappa shape index (κ1) is 15.0. The summed E-state index contributed by atoms with van der Waals surface area (Å²) in [4.78, 5) is 21.2. The van der Waals surface area contributed by atoms with E-state index in [4.69, 9.17) is 0 Å². The van der Waals surface area contributed by atoms with Crippen LogP contribution in [0.15, 0.2) is 35.7 Å². The van der Waals surface area contributed by atoms with Gasteiger partial charge in [-0.05, 0) is 18.9 Å². The Labute approximate surface area is 130 Å². The number of carbonyl (C=O) groups excluding carboxylic acids is 1. The predicted molar refractivity (Wildman–Crippen MR) is 79.2 cm³/mol. The monoisotopic (exact) mass is 323 g/mol. The van der Waals surface area contributed by atoms with Gasteiger partial charge in [-0.3, -0.25) is 4.79 Å². The fraction of sp³-hybridized carbons (Fsp3) is 0.333. The third-order valence-corrected chi connectivity index (χ3v) is 4.75. The van der Waals surface area contributed by atoms with Crippen molar-refractivity contribution < 1.29 is 13.6 Å². The van der Waals surface area contributed by atoms with Gasteiger partial charge in [-0.1, -0.05) is 17.8 Å². The Hall–Kier alpha value is -1.89. The van der Waals surface area contributed by atoms with E-state index >= 15 is 0 Å². The standard InChI is InChI=1S/C15H15F2N3OS/c16-11-4-3-10(12(17)8-11)9-20-7-1-2-13(14(20)21)22-15-18-5-6-19-15/h3-6,8,13H,1-2,7,9H2,(H,18,19). The summed E-state index contributed by atoms with van der Waals surface area (Å²) in [5.74, 6) is -1.26. The quantitative estimate of drug-likeness (QED) is 0.941. The van der Waals surface area contributed by atoms with Crippen LogP contribution in [0.3, 0.4) is 0 Å². The van der Waals surface area contributed by atoms with E-state index in [9.17, 15) is 13.6 Å². The van der Waals surface area contributed by atoms with Gasteiger partial charge < -0.3 is 9.88 Å². The van der Waals surface area contributed by atoms with Crippen molar-refractivity contribution in [2.24, 2.45) is 0 Å². The van der Waals surface area contributed by atoms with E-state index in [2.05, 4.69) is 9.97 Å². The Morgan fingerprint density at radius 3 is 3.00 bits per heavy atom. The number of hydrogen-bond donors (Lipinski definition) is 1. The molecule has 1 unspecified atom stereocenters. The average molecular weight is 323 g/mol. The molecule has 1 atom stereocenters. The van der Waals surface area contributed by atoms with Crippen molar-refractivity contribution in [1.29, 1.82) is 0 Å². The van der Waals surface area contributed by atoms with Crippen LogP contribution in [0.4, 0.5) is 8.78 Å². The van der Waals surface area contributed by atoms with Gasteiger partial charge in [0.05, 0.1) is 5.25 Å². The Kier molecular flexibility index (Phi) is 4.42. The van der Waals surface area contributed by atoms with Crippen LogP contribution in [0.25, 0.3) is 0 Å². The molecule has 22 heavy (non-hydrogen) atoms. The first-order valence-corrected chi connectivity index (χ1v) is 7.90. The summed E-state index contributed by atoms with van der Waals surface area (Å²) >= 11 is 1.39. The second-order valence-electron chi connectivity index (χ2n) is 5.14. The highest BCUT2D eigenvalue weighted by atomic mass is 32.2. The minimum atomic E-state index is -0.617. The molecule has 1 aromatic carbocycles. The maximum absolute atomic E-state index is 13.7. The molecule has 1 aliphatic heterocycles. The summed E-state index contributed by atoms with van der Waals surface area (Å²) in [5.41, 5.74) is 0.332. The summed E-state index contributed by atoms with van der Waals surface area (Å²) < 4.78 is 26.7. The number of aromatic amines is 1. The number of hydrogen-bond acceptors (Lipinski definition) is 3. The van der Waals surface area contributed by atoms with E-state index in [1.54, 1.807) is 17.3 Å². The van der Waals surface area contributed by atoms with Gasteiger partial charge in [-0.15, -0.1) is 0 Å². The Morgan fingerprint density at radius 2 is 2.27 bits per heavy atom. The zero-order chi connectivity index (χ0) is 15.5. The van der Waals surface area contributed by atoms with Crippen LogP contribution in [0.2, 0.25) is 0 Å². The molecule has 0 saturated carbocycles. The minimum absolute atomic E-state index is 0.0311. The molecule has 1 N–H and O–H groups in total. The molecule has 1 aliphatic rings. The van der Waals surface area contributed by atoms with E-state index in [0.29, 0.717) is 17.3 Å². The normalized spacial score (nSPS) is 18.7. The number of thioether (sulfide) groups is 1. The molecule has 1 saturated heterocycles. The maximum Gasteiger partial charge on any atom is 0.236 e. The van der Waals surface area contributed by atoms with Crippen molar-refractivity contribution in [1.82, 2.24) is 14.9 Å². The van der Waals surface area contributed by atoms with Crippen molar-refractivity contribution in [3.8, 4) is 0 Å². The number of benzene rings is 1. The minimum Gasteiger partial charge on any atom is -0.340 e. The lowest BCUT2D eigenvalue weighted by molar-refractivity contribution is -0.133. The Balaban J connectivity index is 1.69. The number of piperidine rings is 1. The molecule has 0 spiro atoms. The number of halogens is 2. The second-order valence-corrected chi connectivity index (χ2v) is 6.33. The first-order valence-electron chi connectivity index (χ1n) is 7.02. The van der Waals surface area contributed by atoms with Crippen molar-refractivity contribution >= 4 is 17.7 Å². The van der Waals surface area contributed by atoms with Crippen LogP contribution in [0.5, 0.6) is 0 Å². The first-order chi connectivity index (χ1) is 10.6. The highest BCUT2D eigenvalue weighted by Crippen LogP contribution is 2.29.